The van der Waals surface area contributed by atoms with Gasteiger partial charge in [0.25, 0.3) is 0 Å². The first-order chi connectivity index (χ1) is 13.6. The molecule has 0 saturated carbocycles. The van der Waals surface area contributed by atoms with E-state index in [2.05, 4.69) is 27.4 Å². The van der Waals surface area contributed by atoms with Gasteiger partial charge in [-0.05, 0) is 36.1 Å². The van der Waals surface area contributed by atoms with E-state index in [-0.39, 0.29) is 25.5 Å². The lowest BCUT2D eigenvalue weighted by molar-refractivity contribution is -0.119. The molecule has 3 amide bonds. The van der Waals surface area contributed by atoms with Gasteiger partial charge in [0.2, 0.25) is 12.7 Å². The van der Waals surface area contributed by atoms with Gasteiger partial charge in [0.1, 0.15) is 0 Å². The minimum absolute atomic E-state index is 0.00898. The predicted octanol–water partition coefficient (Wildman–Crippen LogP) is 2.42. The number of anilines is 1. The third-order valence-corrected chi connectivity index (χ3v) is 5.63. The lowest BCUT2D eigenvalue weighted by atomic mass is 10.0. The zero-order valence-corrected chi connectivity index (χ0v) is 16.1. The summed E-state index contributed by atoms with van der Waals surface area (Å²) in [5, 5.41) is 10.1. The number of carbonyl (C=O) groups excluding carboxylic acids is 2. The normalized spacial score (nSPS) is 18.2. The quantitative estimate of drug-likeness (QED) is 0.709. The van der Waals surface area contributed by atoms with Gasteiger partial charge in [-0.3, -0.25) is 10.1 Å². The smallest absolute Gasteiger partial charge is 0.325 e. The van der Waals surface area contributed by atoms with E-state index in [1.165, 1.54) is 10.4 Å². The molecule has 2 aliphatic heterocycles. The molecule has 148 valence electrons. The molecule has 8 nitrogen and oxygen atoms in total. The van der Waals surface area contributed by atoms with Crippen LogP contribution in [0.25, 0.3) is 0 Å². The summed E-state index contributed by atoms with van der Waals surface area (Å²) in [6, 6.07) is 6.43. The van der Waals surface area contributed by atoms with Crippen molar-refractivity contribution in [3.8, 4) is 11.5 Å². The summed E-state index contributed by atoms with van der Waals surface area (Å²) < 4.78 is 16.3. The molecule has 0 aliphatic carbocycles. The number of ether oxygens (including phenoxy) is 3. The second kappa shape index (κ2) is 8.17. The lowest BCUT2D eigenvalue weighted by Gasteiger charge is -2.29. The van der Waals surface area contributed by atoms with Gasteiger partial charge in [0.15, 0.2) is 11.5 Å². The van der Waals surface area contributed by atoms with E-state index in [9.17, 15) is 9.59 Å². The Hall–Kier alpha value is -2.62. The summed E-state index contributed by atoms with van der Waals surface area (Å²) >= 11 is 1.73. The summed E-state index contributed by atoms with van der Waals surface area (Å²) in [6.07, 6.45) is 0.835. The van der Waals surface area contributed by atoms with Gasteiger partial charge in [-0.15, -0.1) is 11.3 Å². The molecule has 0 bridgehead atoms. The van der Waals surface area contributed by atoms with Crippen molar-refractivity contribution in [1.82, 2.24) is 10.6 Å². The first kappa shape index (κ1) is 18.7. The highest BCUT2D eigenvalue weighted by Crippen LogP contribution is 2.34. The lowest BCUT2D eigenvalue weighted by Crippen LogP contribution is -2.44. The van der Waals surface area contributed by atoms with Crippen LogP contribution in [-0.4, -0.2) is 37.9 Å². The number of urea groups is 1. The summed E-state index contributed by atoms with van der Waals surface area (Å²) in [5.74, 6) is 0.755. The van der Waals surface area contributed by atoms with Gasteiger partial charge in [-0.1, -0.05) is 0 Å². The van der Waals surface area contributed by atoms with Gasteiger partial charge < -0.3 is 24.8 Å². The van der Waals surface area contributed by atoms with Crippen LogP contribution in [0.3, 0.4) is 0 Å². The van der Waals surface area contributed by atoms with Crippen LogP contribution in [0.1, 0.15) is 23.5 Å². The summed E-state index contributed by atoms with van der Waals surface area (Å²) in [7, 11) is 0. The van der Waals surface area contributed by atoms with Crippen LogP contribution in [0.15, 0.2) is 29.6 Å². The average molecular weight is 403 g/mol. The number of fused-ring (bicyclic) bond motifs is 2. The van der Waals surface area contributed by atoms with E-state index in [0.29, 0.717) is 23.8 Å². The number of carbonyl (C=O) groups is 2. The van der Waals surface area contributed by atoms with E-state index in [4.69, 9.17) is 14.2 Å². The highest BCUT2D eigenvalue weighted by atomic mass is 32.1. The van der Waals surface area contributed by atoms with Crippen molar-refractivity contribution in [1.29, 1.82) is 0 Å². The van der Waals surface area contributed by atoms with Crippen molar-refractivity contribution in [3.63, 3.8) is 0 Å². The number of rotatable bonds is 5. The Morgan fingerprint density at radius 3 is 3.00 bits per heavy atom. The van der Waals surface area contributed by atoms with Crippen LogP contribution in [0.5, 0.6) is 11.5 Å². The number of nitrogens with one attached hydrogen (secondary N) is 3. The van der Waals surface area contributed by atoms with Crippen molar-refractivity contribution < 1.29 is 23.8 Å². The van der Waals surface area contributed by atoms with Crippen molar-refractivity contribution in [2.45, 2.75) is 25.5 Å². The zero-order chi connectivity index (χ0) is 19.5. The van der Waals surface area contributed by atoms with Gasteiger partial charge in [0.05, 0.1) is 19.3 Å². The zero-order valence-electron chi connectivity index (χ0n) is 15.3. The Bertz CT molecular complexity index is 884. The Morgan fingerprint density at radius 1 is 1.25 bits per heavy atom. The number of imide groups is 1. The Kier molecular flexibility index (Phi) is 5.47. The van der Waals surface area contributed by atoms with Crippen LogP contribution in [0, 0.1) is 0 Å². The fourth-order valence-corrected chi connectivity index (χ4v) is 4.16. The Morgan fingerprint density at radius 2 is 2.11 bits per heavy atom. The molecule has 4 rings (SSSR count). The molecule has 2 atom stereocenters. The molecule has 2 aliphatic rings. The molecule has 3 heterocycles. The first-order valence-electron chi connectivity index (χ1n) is 9.02. The number of hydrogen-bond donors (Lipinski definition) is 3. The monoisotopic (exact) mass is 403 g/mol. The maximum absolute atomic E-state index is 12.1. The second-order valence-electron chi connectivity index (χ2n) is 6.58. The fraction of sp³-hybridized carbons (Fsp3) is 0.368. The average Bonchev–Trinajstić information content (AvgIpc) is 3.34. The summed E-state index contributed by atoms with van der Waals surface area (Å²) in [5.41, 5.74) is 1.69. The van der Waals surface area contributed by atoms with Gasteiger partial charge >= 0.3 is 6.03 Å². The number of amides is 3. The maximum Gasteiger partial charge on any atom is 0.325 e. The molecular formula is C19H21N3O5S. The minimum Gasteiger partial charge on any atom is -0.454 e. The van der Waals surface area contributed by atoms with Crippen LogP contribution in [0.2, 0.25) is 0 Å². The maximum atomic E-state index is 12.1. The highest BCUT2D eigenvalue weighted by Gasteiger charge is 2.27. The first-order valence-corrected chi connectivity index (χ1v) is 9.90. The van der Waals surface area contributed by atoms with E-state index in [0.717, 1.165) is 6.42 Å². The largest absolute Gasteiger partial charge is 0.454 e. The van der Waals surface area contributed by atoms with Crippen LogP contribution in [-0.2, 0) is 16.0 Å². The molecule has 1 aromatic heterocycles. The Labute approximate surface area is 166 Å². The molecule has 0 fully saturated rings. The summed E-state index contributed by atoms with van der Waals surface area (Å²) in [6.45, 7) is 2.81. The predicted molar refractivity (Wildman–Crippen MR) is 104 cm³/mol. The van der Waals surface area contributed by atoms with E-state index >= 15 is 0 Å². The van der Waals surface area contributed by atoms with Crippen molar-refractivity contribution in [2.75, 3.05) is 25.3 Å². The third-order valence-electron chi connectivity index (χ3n) is 4.64. The molecule has 1 aromatic carbocycles. The molecule has 3 N–H and O–H groups in total. The molecule has 0 saturated heterocycles. The van der Waals surface area contributed by atoms with Crippen LogP contribution >= 0.6 is 11.3 Å². The molecule has 0 radical (unpaired) electrons. The van der Waals surface area contributed by atoms with Gasteiger partial charge in [0, 0.05) is 29.1 Å². The van der Waals surface area contributed by atoms with E-state index in [1.54, 1.807) is 29.5 Å². The van der Waals surface area contributed by atoms with Crippen molar-refractivity contribution in [2.24, 2.45) is 0 Å². The number of benzene rings is 1. The third kappa shape index (κ3) is 4.11. The molecule has 9 heteroatoms. The fourth-order valence-electron chi connectivity index (χ4n) is 3.26. The van der Waals surface area contributed by atoms with Crippen molar-refractivity contribution >= 4 is 29.0 Å². The van der Waals surface area contributed by atoms with Crippen LogP contribution in [0.4, 0.5) is 10.5 Å². The number of hydrogen-bond acceptors (Lipinski definition) is 7. The van der Waals surface area contributed by atoms with Crippen molar-refractivity contribution in [3.05, 3.63) is 40.1 Å². The van der Waals surface area contributed by atoms with Gasteiger partial charge in [-0.2, -0.15) is 0 Å². The minimum atomic E-state index is -0.604. The summed E-state index contributed by atoms with van der Waals surface area (Å²) in [4.78, 5) is 25.5. The molecule has 28 heavy (non-hydrogen) atoms. The standard InChI is InChI=1S/C19H21N3O5S/c1-11(18-13-5-7-28-16(13)4-6-25-18)20-9-17(23)22-19(24)21-12-2-3-14-15(8-12)27-10-26-14/h2-3,5,7-8,11,18,20H,4,6,9-10H2,1H3,(H2,21,22,23,24). The SMILES string of the molecule is CC(NCC(=O)NC(=O)Nc1ccc2c(c1)OCO2)C1OCCc2sccc21. The molecular weight excluding hydrogens is 382 g/mol. The molecule has 2 aromatic rings. The Balaban J connectivity index is 1.25. The number of thiophene rings is 1. The topological polar surface area (TPSA) is 97.9 Å². The van der Waals surface area contributed by atoms with Gasteiger partial charge in [-0.25, -0.2) is 4.79 Å². The highest BCUT2D eigenvalue weighted by molar-refractivity contribution is 7.10. The molecule has 2 unspecified atom stereocenters. The second-order valence-corrected chi connectivity index (χ2v) is 7.58. The molecule has 0 spiro atoms. The van der Waals surface area contributed by atoms with Crippen LogP contribution < -0.4 is 25.4 Å². The van der Waals surface area contributed by atoms with E-state index in [1.807, 2.05) is 6.92 Å². The van der Waals surface area contributed by atoms with E-state index < -0.39 is 11.9 Å².